The molecule has 0 aliphatic rings. The van der Waals surface area contributed by atoms with E-state index in [1.165, 1.54) is 6.07 Å². The van der Waals surface area contributed by atoms with E-state index in [0.717, 1.165) is 49.7 Å². The molecule has 1 atom stereocenters. The van der Waals surface area contributed by atoms with Crippen molar-refractivity contribution in [3.05, 3.63) is 78.9 Å². The molecular formula is C35H39N3O6. The van der Waals surface area contributed by atoms with E-state index >= 15 is 0 Å². The number of aromatic nitrogens is 3. The zero-order valence-electron chi connectivity index (χ0n) is 24.8. The number of hydrogen-bond donors (Lipinski definition) is 3. The molecule has 1 heterocycles. The summed E-state index contributed by atoms with van der Waals surface area (Å²) in [5, 5.41) is 29.3. The van der Waals surface area contributed by atoms with Crippen molar-refractivity contribution in [2.75, 3.05) is 6.61 Å². The fourth-order valence-corrected chi connectivity index (χ4v) is 4.98. The van der Waals surface area contributed by atoms with Gasteiger partial charge in [0, 0.05) is 23.6 Å². The van der Waals surface area contributed by atoms with Gasteiger partial charge in [-0.05, 0) is 31.4 Å². The van der Waals surface area contributed by atoms with Gasteiger partial charge < -0.3 is 20.1 Å². The van der Waals surface area contributed by atoms with Gasteiger partial charge in [-0.2, -0.15) is 0 Å². The molecule has 0 aliphatic heterocycles. The molecule has 4 aromatic rings. The highest BCUT2D eigenvalue weighted by molar-refractivity contribution is 5.71. The van der Waals surface area contributed by atoms with Gasteiger partial charge in [0.15, 0.2) is 17.5 Å². The van der Waals surface area contributed by atoms with Gasteiger partial charge in [0.25, 0.3) is 0 Å². The van der Waals surface area contributed by atoms with Crippen LogP contribution >= 0.6 is 0 Å². The lowest BCUT2D eigenvalue weighted by Crippen LogP contribution is -2.17. The Kier molecular flexibility index (Phi) is 12.2. The van der Waals surface area contributed by atoms with Crippen LogP contribution in [0, 0.1) is 5.92 Å². The van der Waals surface area contributed by atoms with Gasteiger partial charge in [0.05, 0.1) is 18.1 Å². The Labute approximate surface area is 257 Å². The van der Waals surface area contributed by atoms with Crippen LogP contribution in [0.1, 0.15) is 64.2 Å². The fourth-order valence-electron chi connectivity index (χ4n) is 4.98. The largest absolute Gasteiger partial charge is 0.507 e. The second-order valence-electron chi connectivity index (χ2n) is 10.8. The van der Waals surface area contributed by atoms with Crippen LogP contribution in [-0.4, -0.2) is 48.8 Å². The number of carbonyl (C=O) groups is 2. The summed E-state index contributed by atoms with van der Waals surface area (Å²) < 4.78 is 5.83. The van der Waals surface area contributed by atoms with Crippen LogP contribution in [-0.2, 0) is 9.59 Å². The zero-order chi connectivity index (χ0) is 31.1. The van der Waals surface area contributed by atoms with Crippen LogP contribution in [0.5, 0.6) is 11.5 Å². The highest BCUT2D eigenvalue weighted by Gasteiger charge is 2.18. The maximum atomic E-state index is 11.8. The molecule has 1 aromatic heterocycles. The van der Waals surface area contributed by atoms with Crippen LogP contribution in [0.3, 0.4) is 0 Å². The minimum atomic E-state index is -0.834. The van der Waals surface area contributed by atoms with Gasteiger partial charge in [0.1, 0.15) is 11.5 Å². The van der Waals surface area contributed by atoms with Crippen molar-refractivity contribution >= 4 is 11.9 Å². The Bertz CT molecular complexity index is 1440. The maximum Gasteiger partial charge on any atom is 0.306 e. The molecule has 0 fully saturated rings. The number of nitrogens with zero attached hydrogens (tertiary/aromatic N) is 3. The molecule has 0 aliphatic carbocycles. The third-order valence-corrected chi connectivity index (χ3v) is 7.44. The first-order valence-electron chi connectivity index (χ1n) is 15.2. The number of hydrogen-bond acceptors (Lipinski definition) is 7. The third kappa shape index (κ3) is 9.90. The van der Waals surface area contributed by atoms with Crippen LogP contribution in [0.4, 0.5) is 0 Å². The number of benzene rings is 3. The molecule has 0 spiro atoms. The molecule has 4 rings (SSSR count). The Hall–Kier alpha value is -4.79. The first-order valence-corrected chi connectivity index (χ1v) is 15.2. The SMILES string of the molecule is O=C(O)CCCCCCCCCC(CCOc1ccc(-c2nc(-c3ccccc3)nc(-c3ccccc3)n2)c(O)c1)C(=O)O. The molecule has 1 unspecified atom stereocenters. The predicted molar refractivity (Wildman–Crippen MR) is 168 cm³/mol. The van der Waals surface area contributed by atoms with E-state index in [1.807, 2.05) is 60.7 Å². The van der Waals surface area contributed by atoms with Gasteiger partial charge in [-0.25, -0.2) is 15.0 Å². The van der Waals surface area contributed by atoms with Crippen molar-refractivity contribution in [1.82, 2.24) is 15.0 Å². The summed E-state index contributed by atoms with van der Waals surface area (Å²) >= 11 is 0. The quantitative estimate of drug-likeness (QED) is 0.0986. The number of phenols is 1. The van der Waals surface area contributed by atoms with Gasteiger partial charge in [0.2, 0.25) is 0 Å². The minimum Gasteiger partial charge on any atom is -0.507 e. The summed E-state index contributed by atoms with van der Waals surface area (Å²) in [6, 6.07) is 24.1. The molecule has 0 amide bonds. The predicted octanol–water partition coefficient (Wildman–Crippen LogP) is 7.64. The van der Waals surface area contributed by atoms with Crippen molar-refractivity contribution in [3.63, 3.8) is 0 Å². The molecular weight excluding hydrogens is 558 g/mol. The summed E-state index contributed by atoms with van der Waals surface area (Å²) in [6.45, 7) is 0.210. The smallest absolute Gasteiger partial charge is 0.306 e. The molecule has 3 N–H and O–H groups in total. The first-order chi connectivity index (χ1) is 21.4. The van der Waals surface area contributed by atoms with Crippen LogP contribution in [0.15, 0.2) is 78.9 Å². The van der Waals surface area contributed by atoms with Crippen LogP contribution in [0.2, 0.25) is 0 Å². The number of carboxylic acids is 2. The summed E-state index contributed by atoms with van der Waals surface area (Å²) in [7, 11) is 0. The highest BCUT2D eigenvalue weighted by atomic mass is 16.5. The summed E-state index contributed by atoms with van der Waals surface area (Å²) in [5.74, 6) is -0.405. The summed E-state index contributed by atoms with van der Waals surface area (Å²) in [6.07, 6.45) is 7.61. The van der Waals surface area contributed by atoms with Crippen molar-refractivity contribution in [2.45, 2.75) is 64.2 Å². The Balaban J connectivity index is 1.33. The van der Waals surface area contributed by atoms with Gasteiger partial charge in [-0.3, -0.25) is 9.59 Å². The number of aliphatic carboxylic acids is 2. The van der Waals surface area contributed by atoms with Crippen molar-refractivity contribution in [2.24, 2.45) is 5.92 Å². The van der Waals surface area contributed by atoms with Crippen LogP contribution < -0.4 is 4.74 Å². The topological polar surface area (TPSA) is 143 Å². The van der Waals surface area contributed by atoms with Crippen molar-refractivity contribution in [3.8, 4) is 45.7 Å². The van der Waals surface area contributed by atoms with E-state index in [0.29, 0.717) is 48.0 Å². The van der Waals surface area contributed by atoms with E-state index < -0.39 is 17.9 Å². The maximum absolute atomic E-state index is 11.8. The Morgan fingerprint density at radius 1 is 0.659 bits per heavy atom. The third-order valence-electron chi connectivity index (χ3n) is 7.44. The van der Waals surface area contributed by atoms with Gasteiger partial charge in [-0.15, -0.1) is 0 Å². The Morgan fingerprint density at radius 2 is 1.20 bits per heavy atom. The van der Waals surface area contributed by atoms with Crippen molar-refractivity contribution in [1.29, 1.82) is 0 Å². The lowest BCUT2D eigenvalue weighted by Gasteiger charge is -2.14. The highest BCUT2D eigenvalue weighted by Crippen LogP contribution is 2.33. The molecule has 0 radical (unpaired) electrons. The Morgan fingerprint density at radius 3 is 1.75 bits per heavy atom. The van der Waals surface area contributed by atoms with Gasteiger partial charge >= 0.3 is 11.9 Å². The number of aromatic hydroxyl groups is 1. The molecule has 0 saturated heterocycles. The normalized spacial score (nSPS) is 11.6. The van der Waals surface area contributed by atoms with E-state index in [2.05, 4.69) is 15.0 Å². The van der Waals surface area contributed by atoms with E-state index in [9.17, 15) is 19.8 Å². The van der Waals surface area contributed by atoms with Crippen molar-refractivity contribution < 1.29 is 29.6 Å². The number of carboxylic acid groups (broad SMARTS) is 2. The van der Waals surface area contributed by atoms with E-state index in [4.69, 9.17) is 9.84 Å². The van der Waals surface area contributed by atoms with E-state index in [1.54, 1.807) is 12.1 Å². The monoisotopic (exact) mass is 597 g/mol. The molecule has 0 saturated carbocycles. The number of rotatable bonds is 18. The second kappa shape index (κ2) is 16.7. The molecule has 3 aromatic carbocycles. The standard InChI is InChI=1S/C35H39N3O6/c39-30-24-28(44-23-22-27(35(42)43)18-8-4-2-1-3-5-13-19-31(40)41)20-21-29(30)34-37-32(25-14-9-6-10-15-25)36-33(38-34)26-16-11-7-12-17-26/h6-7,9-12,14-17,20-21,24,27,39H,1-5,8,13,18-19,22-23H2,(H,40,41)(H,42,43). The molecule has 44 heavy (non-hydrogen) atoms. The van der Waals surface area contributed by atoms with Crippen LogP contribution in [0.25, 0.3) is 34.2 Å². The number of ether oxygens (including phenoxy) is 1. The zero-order valence-corrected chi connectivity index (χ0v) is 24.8. The lowest BCUT2D eigenvalue weighted by molar-refractivity contribution is -0.142. The molecule has 230 valence electrons. The summed E-state index contributed by atoms with van der Waals surface area (Å²) in [4.78, 5) is 36.3. The second-order valence-corrected chi connectivity index (χ2v) is 10.8. The first kappa shape index (κ1) is 32.1. The fraction of sp³-hybridized carbons (Fsp3) is 0.343. The molecule has 9 heteroatoms. The average Bonchev–Trinajstić information content (AvgIpc) is 3.03. The minimum absolute atomic E-state index is 0.0514. The average molecular weight is 598 g/mol. The van der Waals surface area contributed by atoms with Gasteiger partial charge in [-0.1, -0.05) is 99.2 Å². The molecule has 0 bridgehead atoms. The number of phenolic OH excluding ortho intramolecular Hbond substituents is 1. The van der Waals surface area contributed by atoms with E-state index in [-0.39, 0.29) is 18.8 Å². The summed E-state index contributed by atoms with van der Waals surface area (Å²) in [5.41, 5.74) is 2.09. The molecule has 9 nitrogen and oxygen atoms in total. The lowest BCUT2D eigenvalue weighted by atomic mass is 9.97. The number of unbranched alkanes of at least 4 members (excludes halogenated alkanes) is 6.